The zero-order valence-electron chi connectivity index (χ0n) is 9.10. The summed E-state index contributed by atoms with van der Waals surface area (Å²) in [5.41, 5.74) is 0. The number of ether oxygens (including phenoxy) is 1. The predicted molar refractivity (Wildman–Crippen MR) is 55.6 cm³/mol. The maximum absolute atomic E-state index is 11.4. The highest BCUT2D eigenvalue weighted by Gasteiger charge is 2.19. The number of aliphatic carboxylic acids is 1. The largest absolute Gasteiger partial charge is 0.481 e. The monoisotopic (exact) mass is 215 g/mol. The van der Waals surface area contributed by atoms with Crippen LogP contribution in [-0.4, -0.2) is 41.8 Å². The van der Waals surface area contributed by atoms with Crippen molar-refractivity contribution in [3.05, 3.63) is 12.7 Å². The van der Waals surface area contributed by atoms with Crippen molar-refractivity contribution >= 4 is 12.1 Å². The number of carboxylic acids is 1. The molecule has 1 atom stereocenters. The van der Waals surface area contributed by atoms with Crippen LogP contribution >= 0.6 is 0 Å². The van der Waals surface area contributed by atoms with Gasteiger partial charge in [-0.2, -0.15) is 0 Å². The van der Waals surface area contributed by atoms with Gasteiger partial charge < -0.3 is 14.7 Å². The van der Waals surface area contributed by atoms with Gasteiger partial charge in [0, 0.05) is 13.1 Å². The Morgan fingerprint density at radius 3 is 2.60 bits per heavy atom. The fraction of sp³-hybridized carbons (Fsp3) is 0.600. The third-order valence-corrected chi connectivity index (χ3v) is 1.88. The molecule has 0 aliphatic rings. The summed E-state index contributed by atoms with van der Waals surface area (Å²) in [6, 6.07) is 0. The van der Waals surface area contributed by atoms with Gasteiger partial charge in [-0.3, -0.25) is 4.79 Å². The van der Waals surface area contributed by atoms with Gasteiger partial charge >= 0.3 is 12.1 Å². The Hall–Kier alpha value is -1.52. The lowest BCUT2D eigenvalue weighted by atomic mass is 10.2. The third-order valence-electron chi connectivity index (χ3n) is 1.88. The van der Waals surface area contributed by atoms with Gasteiger partial charge in [-0.15, -0.1) is 0 Å². The van der Waals surface area contributed by atoms with Gasteiger partial charge in [0.05, 0.1) is 5.92 Å². The molecule has 1 unspecified atom stereocenters. The fourth-order valence-corrected chi connectivity index (χ4v) is 0.963. The summed E-state index contributed by atoms with van der Waals surface area (Å²) < 4.78 is 4.80. The number of carboxylic acid groups (broad SMARTS) is 1. The molecule has 5 nitrogen and oxygen atoms in total. The van der Waals surface area contributed by atoms with Crippen LogP contribution in [0.4, 0.5) is 4.79 Å². The molecule has 86 valence electrons. The number of hydrogen-bond acceptors (Lipinski definition) is 3. The predicted octanol–water partition coefficient (Wildman–Crippen LogP) is 1.35. The van der Waals surface area contributed by atoms with E-state index in [4.69, 9.17) is 9.84 Å². The summed E-state index contributed by atoms with van der Waals surface area (Å²) in [6.07, 6.45) is 0.956. The van der Waals surface area contributed by atoms with Crippen molar-refractivity contribution in [3.8, 4) is 0 Å². The number of hydrogen-bond donors (Lipinski definition) is 1. The number of amides is 1. The first-order valence-electron chi connectivity index (χ1n) is 4.78. The Kier molecular flexibility index (Phi) is 6.17. The van der Waals surface area contributed by atoms with E-state index in [1.807, 2.05) is 0 Å². The van der Waals surface area contributed by atoms with E-state index < -0.39 is 18.0 Å². The molecule has 15 heavy (non-hydrogen) atoms. The van der Waals surface area contributed by atoms with Crippen molar-refractivity contribution in [2.75, 3.05) is 19.7 Å². The van der Waals surface area contributed by atoms with Gasteiger partial charge in [0.15, 0.2) is 0 Å². The number of carbonyl (C=O) groups is 2. The zero-order chi connectivity index (χ0) is 11.8. The van der Waals surface area contributed by atoms with E-state index in [2.05, 4.69) is 6.58 Å². The molecule has 0 rings (SSSR count). The highest BCUT2D eigenvalue weighted by molar-refractivity contribution is 5.72. The zero-order valence-corrected chi connectivity index (χ0v) is 9.10. The Bertz CT molecular complexity index is 240. The second kappa shape index (κ2) is 6.86. The summed E-state index contributed by atoms with van der Waals surface area (Å²) >= 11 is 0. The first kappa shape index (κ1) is 13.5. The van der Waals surface area contributed by atoms with Gasteiger partial charge in [0.1, 0.15) is 6.61 Å². The molecule has 0 heterocycles. The Balaban J connectivity index is 4.17. The summed E-state index contributed by atoms with van der Waals surface area (Å²) in [5.74, 6) is -1.52. The lowest BCUT2D eigenvalue weighted by molar-refractivity contribution is -0.141. The van der Waals surface area contributed by atoms with Crippen molar-refractivity contribution in [2.45, 2.75) is 13.8 Å². The molecule has 0 aromatic heterocycles. The van der Waals surface area contributed by atoms with E-state index in [1.54, 1.807) is 13.8 Å². The SMILES string of the molecule is C=CCOC(=O)N(CC)CC(C)C(=O)O. The Labute approximate surface area is 89.3 Å². The van der Waals surface area contributed by atoms with Crippen molar-refractivity contribution in [1.82, 2.24) is 4.90 Å². The molecule has 0 bridgehead atoms. The number of carbonyl (C=O) groups excluding carboxylic acids is 1. The van der Waals surface area contributed by atoms with E-state index in [9.17, 15) is 9.59 Å². The fourth-order valence-electron chi connectivity index (χ4n) is 0.963. The third kappa shape index (κ3) is 5.05. The van der Waals surface area contributed by atoms with Gasteiger partial charge in [-0.25, -0.2) is 4.79 Å². The minimum Gasteiger partial charge on any atom is -0.481 e. The minimum atomic E-state index is -0.926. The first-order chi connectivity index (χ1) is 7.02. The maximum atomic E-state index is 11.4. The molecule has 0 aliphatic carbocycles. The molecule has 5 heteroatoms. The van der Waals surface area contributed by atoms with E-state index in [0.717, 1.165) is 0 Å². The molecule has 0 saturated heterocycles. The second-order valence-electron chi connectivity index (χ2n) is 3.14. The molecular weight excluding hydrogens is 198 g/mol. The molecule has 1 N–H and O–H groups in total. The van der Waals surface area contributed by atoms with Crippen LogP contribution in [0, 0.1) is 5.92 Å². The molecule has 0 aliphatic heterocycles. The van der Waals surface area contributed by atoms with Crippen LogP contribution in [0.5, 0.6) is 0 Å². The van der Waals surface area contributed by atoms with Crippen molar-refractivity contribution in [1.29, 1.82) is 0 Å². The summed E-state index contributed by atoms with van der Waals surface area (Å²) in [7, 11) is 0. The highest BCUT2D eigenvalue weighted by atomic mass is 16.6. The molecular formula is C10H17NO4. The lowest BCUT2D eigenvalue weighted by Gasteiger charge is -2.21. The minimum absolute atomic E-state index is 0.136. The number of nitrogens with zero attached hydrogens (tertiary/aromatic N) is 1. The molecule has 1 amide bonds. The van der Waals surface area contributed by atoms with Crippen LogP contribution in [0.15, 0.2) is 12.7 Å². The van der Waals surface area contributed by atoms with E-state index in [1.165, 1.54) is 11.0 Å². The van der Waals surface area contributed by atoms with E-state index >= 15 is 0 Å². The van der Waals surface area contributed by atoms with Crippen LogP contribution in [-0.2, 0) is 9.53 Å². The van der Waals surface area contributed by atoms with Crippen LogP contribution in [0.1, 0.15) is 13.8 Å². The highest BCUT2D eigenvalue weighted by Crippen LogP contribution is 2.02. The second-order valence-corrected chi connectivity index (χ2v) is 3.14. The normalized spacial score (nSPS) is 11.6. The summed E-state index contributed by atoms with van der Waals surface area (Å²) in [5, 5.41) is 8.69. The van der Waals surface area contributed by atoms with Crippen molar-refractivity contribution in [3.63, 3.8) is 0 Å². The van der Waals surface area contributed by atoms with Gasteiger partial charge in [0.25, 0.3) is 0 Å². The van der Waals surface area contributed by atoms with E-state index in [-0.39, 0.29) is 13.2 Å². The van der Waals surface area contributed by atoms with Crippen LogP contribution in [0.25, 0.3) is 0 Å². The lowest BCUT2D eigenvalue weighted by Crippen LogP contribution is -2.37. The average molecular weight is 215 g/mol. The van der Waals surface area contributed by atoms with Crippen molar-refractivity contribution in [2.24, 2.45) is 5.92 Å². The summed E-state index contributed by atoms with van der Waals surface area (Å²) in [4.78, 5) is 23.3. The van der Waals surface area contributed by atoms with Crippen molar-refractivity contribution < 1.29 is 19.4 Å². The molecule has 0 fully saturated rings. The topological polar surface area (TPSA) is 66.8 Å². The molecule has 0 aromatic rings. The van der Waals surface area contributed by atoms with Crippen LogP contribution < -0.4 is 0 Å². The molecule has 0 spiro atoms. The van der Waals surface area contributed by atoms with Gasteiger partial charge in [-0.05, 0) is 6.92 Å². The molecule has 0 radical (unpaired) electrons. The standard InChI is InChI=1S/C10H17NO4/c1-4-6-15-10(14)11(5-2)7-8(3)9(12)13/h4,8H,1,5-7H2,2-3H3,(H,12,13). The quantitative estimate of drug-likeness (QED) is 0.679. The molecule has 0 saturated carbocycles. The van der Waals surface area contributed by atoms with Crippen LogP contribution in [0.3, 0.4) is 0 Å². The smallest absolute Gasteiger partial charge is 0.410 e. The summed E-state index contributed by atoms with van der Waals surface area (Å²) in [6.45, 7) is 7.45. The Morgan fingerprint density at radius 1 is 1.60 bits per heavy atom. The number of rotatable bonds is 6. The molecule has 0 aromatic carbocycles. The van der Waals surface area contributed by atoms with E-state index in [0.29, 0.717) is 6.54 Å². The first-order valence-corrected chi connectivity index (χ1v) is 4.78. The van der Waals surface area contributed by atoms with Gasteiger partial charge in [0.2, 0.25) is 0 Å². The van der Waals surface area contributed by atoms with Crippen LogP contribution in [0.2, 0.25) is 0 Å². The Morgan fingerprint density at radius 2 is 2.20 bits per heavy atom. The van der Waals surface area contributed by atoms with Gasteiger partial charge in [-0.1, -0.05) is 19.6 Å². The average Bonchev–Trinajstić information content (AvgIpc) is 2.21. The maximum Gasteiger partial charge on any atom is 0.410 e.